The zero-order valence-electron chi connectivity index (χ0n) is 18.9. The van der Waals surface area contributed by atoms with Crippen LogP contribution in [0, 0.1) is 0 Å². The van der Waals surface area contributed by atoms with E-state index in [1.54, 1.807) is 37.3 Å². The van der Waals surface area contributed by atoms with Crippen LogP contribution in [-0.4, -0.2) is 33.2 Å². The van der Waals surface area contributed by atoms with Crippen molar-refractivity contribution in [3.8, 4) is 5.75 Å². The van der Waals surface area contributed by atoms with Crippen LogP contribution >= 0.6 is 23.2 Å². The topological polar surface area (TPSA) is 95.3 Å². The molecule has 0 aliphatic rings. The first-order valence-corrected chi connectivity index (χ1v) is 11.3. The van der Waals surface area contributed by atoms with Gasteiger partial charge in [-0.05, 0) is 62.7 Å². The van der Waals surface area contributed by atoms with E-state index in [1.165, 1.54) is 16.7 Å². The molecule has 0 atom stereocenters. The monoisotopic (exact) mass is 502 g/mol. The maximum Gasteiger partial charge on any atom is 0.352 e. The van der Waals surface area contributed by atoms with Gasteiger partial charge in [0, 0.05) is 16.8 Å². The SMILES string of the molecule is CCOC(=O)/C=C/c1nc(Nc2ccc(OC(C)C)c(Cl)c2)n(Cc2ccc(Cl)cc2)c(=O)n1. The largest absolute Gasteiger partial charge is 0.489 e. The highest BCUT2D eigenvalue weighted by Crippen LogP contribution is 2.29. The molecule has 8 nitrogen and oxygen atoms in total. The van der Waals surface area contributed by atoms with Gasteiger partial charge in [0.05, 0.1) is 24.3 Å². The van der Waals surface area contributed by atoms with E-state index in [-0.39, 0.29) is 31.0 Å². The third-order valence-electron chi connectivity index (χ3n) is 4.38. The quantitative estimate of drug-likeness (QED) is 0.321. The minimum atomic E-state index is -0.557. The van der Waals surface area contributed by atoms with Crippen molar-refractivity contribution in [1.29, 1.82) is 0 Å². The molecule has 0 aliphatic heterocycles. The van der Waals surface area contributed by atoms with Crippen LogP contribution in [-0.2, 0) is 16.1 Å². The van der Waals surface area contributed by atoms with Crippen molar-refractivity contribution in [2.24, 2.45) is 0 Å². The van der Waals surface area contributed by atoms with Crippen LogP contribution in [0.15, 0.2) is 53.3 Å². The molecule has 1 heterocycles. The number of anilines is 2. The van der Waals surface area contributed by atoms with Gasteiger partial charge in [0.15, 0.2) is 5.82 Å². The van der Waals surface area contributed by atoms with Crippen LogP contribution in [0.2, 0.25) is 10.0 Å². The average Bonchev–Trinajstić information content (AvgIpc) is 2.78. The van der Waals surface area contributed by atoms with Crippen molar-refractivity contribution in [2.45, 2.75) is 33.4 Å². The van der Waals surface area contributed by atoms with E-state index in [9.17, 15) is 9.59 Å². The zero-order valence-corrected chi connectivity index (χ0v) is 20.4. The summed E-state index contributed by atoms with van der Waals surface area (Å²) in [7, 11) is 0. The first kappa shape index (κ1) is 25.3. The van der Waals surface area contributed by atoms with E-state index in [0.29, 0.717) is 21.5 Å². The fraction of sp³-hybridized carbons (Fsp3) is 0.250. The Bertz CT molecular complexity index is 1240. The maximum absolute atomic E-state index is 12.9. The van der Waals surface area contributed by atoms with Crippen LogP contribution in [0.5, 0.6) is 5.75 Å². The number of esters is 1. The van der Waals surface area contributed by atoms with Crippen LogP contribution in [0.3, 0.4) is 0 Å². The molecule has 3 aromatic rings. The standard InChI is InChI=1S/C24H24Cl2N4O4/c1-4-33-22(31)12-11-21-28-23(27-18-9-10-20(19(26)13-18)34-15(2)3)30(24(32)29-21)14-16-5-7-17(25)8-6-16/h5-13,15H,4,14H2,1-3H3,(H,27,28,29,32)/b12-11+. The number of rotatable bonds is 9. The summed E-state index contributed by atoms with van der Waals surface area (Å²) in [6, 6.07) is 12.3. The lowest BCUT2D eigenvalue weighted by Crippen LogP contribution is -2.28. The lowest BCUT2D eigenvalue weighted by molar-refractivity contribution is -0.137. The lowest BCUT2D eigenvalue weighted by Gasteiger charge is -2.15. The van der Waals surface area contributed by atoms with Crippen molar-refractivity contribution in [3.63, 3.8) is 0 Å². The van der Waals surface area contributed by atoms with Gasteiger partial charge >= 0.3 is 11.7 Å². The van der Waals surface area contributed by atoms with Crippen LogP contribution in [0.25, 0.3) is 6.08 Å². The Hall–Kier alpha value is -3.36. The number of carbonyl (C=O) groups is 1. The molecule has 0 fully saturated rings. The summed E-state index contributed by atoms with van der Waals surface area (Å²) < 4.78 is 11.9. The fourth-order valence-corrected chi connectivity index (χ4v) is 3.27. The average molecular weight is 503 g/mol. The highest BCUT2D eigenvalue weighted by Gasteiger charge is 2.13. The molecule has 0 bridgehead atoms. The van der Waals surface area contributed by atoms with Gasteiger partial charge in [-0.15, -0.1) is 0 Å². The maximum atomic E-state index is 12.9. The second-order valence-corrected chi connectivity index (χ2v) is 8.27. The molecule has 0 unspecified atom stereocenters. The van der Waals surface area contributed by atoms with Gasteiger partial charge < -0.3 is 14.8 Å². The molecule has 1 aromatic heterocycles. The number of nitrogens with zero attached hydrogens (tertiary/aromatic N) is 3. The summed E-state index contributed by atoms with van der Waals surface area (Å²) in [5, 5.41) is 4.11. The molecule has 0 spiro atoms. The van der Waals surface area contributed by atoms with E-state index in [1.807, 2.05) is 26.0 Å². The van der Waals surface area contributed by atoms with Crippen molar-refractivity contribution >= 4 is 46.9 Å². The number of ether oxygens (including phenoxy) is 2. The number of benzene rings is 2. The molecule has 2 aromatic carbocycles. The first-order chi connectivity index (χ1) is 16.2. The molecule has 0 saturated heterocycles. The van der Waals surface area contributed by atoms with Crippen molar-refractivity contribution < 1.29 is 14.3 Å². The Morgan fingerprint density at radius 2 is 1.88 bits per heavy atom. The lowest BCUT2D eigenvalue weighted by atomic mass is 10.2. The second-order valence-electron chi connectivity index (χ2n) is 7.42. The minimum Gasteiger partial charge on any atom is -0.489 e. The number of halogens is 2. The Labute approximate surface area is 207 Å². The van der Waals surface area contributed by atoms with Gasteiger partial charge in [0.25, 0.3) is 0 Å². The minimum absolute atomic E-state index is 0.0310. The van der Waals surface area contributed by atoms with E-state index in [4.69, 9.17) is 32.7 Å². The van der Waals surface area contributed by atoms with Gasteiger partial charge in [-0.1, -0.05) is 35.3 Å². The van der Waals surface area contributed by atoms with Crippen LogP contribution in [0.1, 0.15) is 32.2 Å². The van der Waals surface area contributed by atoms with Crippen molar-refractivity contribution in [3.05, 3.63) is 80.5 Å². The van der Waals surface area contributed by atoms with Crippen molar-refractivity contribution in [2.75, 3.05) is 11.9 Å². The number of carbonyl (C=O) groups excluding carboxylic acids is 1. The Balaban J connectivity index is 1.98. The Kier molecular flexibility index (Phi) is 8.67. The molecular formula is C24H24Cl2N4O4. The number of hydrogen-bond acceptors (Lipinski definition) is 7. The highest BCUT2D eigenvalue weighted by atomic mass is 35.5. The fourth-order valence-electron chi connectivity index (χ4n) is 2.92. The third kappa shape index (κ3) is 7.07. The first-order valence-electron chi connectivity index (χ1n) is 10.6. The third-order valence-corrected chi connectivity index (χ3v) is 4.92. The molecule has 34 heavy (non-hydrogen) atoms. The van der Waals surface area contributed by atoms with Crippen molar-refractivity contribution in [1.82, 2.24) is 14.5 Å². The molecule has 10 heteroatoms. The van der Waals surface area contributed by atoms with E-state index in [0.717, 1.165) is 5.56 Å². The van der Waals surface area contributed by atoms with E-state index in [2.05, 4.69) is 15.3 Å². The molecule has 1 N–H and O–H groups in total. The highest BCUT2D eigenvalue weighted by molar-refractivity contribution is 6.32. The van der Waals surface area contributed by atoms with Gasteiger partial charge in [-0.3, -0.25) is 4.57 Å². The predicted octanol–water partition coefficient (Wildman–Crippen LogP) is 5.10. The summed E-state index contributed by atoms with van der Waals surface area (Å²) in [4.78, 5) is 32.9. The molecular weight excluding hydrogens is 479 g/mol. The second kappa shape index (κ2) is 11.7. The number of aromatic nitrogens is 3. The van der Waals surface area contributed by atoms with Gasteiger partial charge in [-0.2, -0.15) is 9.97 Å². The van der Waals surface area contributed by atoms with Gasteiger partial charge in [0.1, 0.15) is 5.75 Å². The zero-order chi connectivity index (χ0) is 24.7. The molecule has 0 aliphatic carbocycles. The molecule has 178 valence electrons. The summed E-state index contributed by atoms with van der Waals surface area (Å²) in [6.07, 6.45) is 2.46. The Morgan fingerprint density at radius 1 is 1.15 bits per heavy atom. The normalized spacial score (nSPS) is 11.1. The van der Waals surface area contributed by atoms with Crippen LogP contribution in [0.4, 0.5) is 11.6 Å². The molecule has 0 amide bonds. The van der Waals surface area contributed by atoms with Gasteiger partial charge in [-0.25, -0.2) is 9.59 Å². The molecule has 0 radical (unpaired) electrons. The summed E-state index contributed by atoms with van der Waals surface area (Å²) in [6.45, 7) is 5.94. The summed E-state index contributed by atoms with van der Waals surface area (Å²) in [5.41, 5.74) is 0.859. The molecule has 0 saturated carbocycles. The van der Waals surface area contributed by atoms with Crippen LogP contribution < -0.4 is 15.7 Å². The van der Waals surface area contributed by atoms with Gasteiger partial charge in [0.2, 0.25) is 5.95 Å². The Morgan fingerprint density at radius 3 is 2.53 bits per heavy atom. The predicted molar refractivity (Wildman–Crippen MR) is 133 cm³/mol. The summed E-state index contributed by atoms with van der Waals surface area (Å²) >= 11 is 12.3. The van der Waals surface area contributed by atoms with E-state index < -0.39 is 11.7 Å². The molecule has 3 rings (SSSR count). The number of nitrogens with one attached hydrogen (secondary N) is 1. The van der Waals surface area contributed by atoms with E-state index >= 15 is 0 Å². The number of hydrogen-bond donors (Lipinski definition) is 1. The summed E-state index contributed by atoms with van der Waals surface area (Å²) in [5.74, 6) is 0.255. The smallest absolute Gasteiger partial charge is 0.352 e.